The van der Waals surface area contributed by atoms with Crippen LogP contribution in [0.2, 0.25) is 0 Å². The first kappa shape index (κ1) is 24.5. The number of pyridine rings is 1. The van der Waals surface area contributed by atoms with Crippen molar-refractivity contribution in [3.63, 3.8) is 0 Å². The lowest BCUT2D eigenvalue weighted by Gasteiger charge is -2.28. The van der Waals surface area contributed by atoms with E-state index in [0.717, 1.165) is 10.7 Å². The van der Waals surface area contributed by atoms with Gasteiger partial charge in [0.2, 0.25) is 5.91 Å². The molecule has 1 saturated heterocycles. The number of rotatable bonds is 5. The molecule has 2 atom stereocenters. The summed E-state index contributed by atoms with van der Waals surface area (Å²) in [6, 6.07) is 4.23. The van der Waals surface area contributed by atoms with E-state index >= 15 is 0 Å². The zero-order valence-corrected chi connectivity index (χ0v) is 19.8. The van der Waals surface area contributed by atoms with Gasteiger partial charge in [-0.1, -0.05) is 18.2 Å². The number of carbonyl (C=O) groups is 1. The lowest BCUT2D eigenvalue weighted by molar-refractivity contribution is -0.128. The normalized spacial score (nSPS) is 18.9. The van der Waals surface area contributed by atoms with Crippen molar-refractivity contribution >= 4 is 22.5 Å². The summed E-state index contributed by atoms with van der Waals surface area (Å²) >= 11 is 0. The van der Waals surface area contributed by atoms with Crippen molar-refractivity contribution in [2.75, 3.05) is 18.4 Å². The average Bonchev–Trinajstić information content (AvgIpc) is 3.20. The molecule has 1 aliphatic heterocycles. The fourth-order valence-electron chi connectivity index (χ4n) is 4.62. The molecule has 1 aromatic carbocycles. The average molecular weight is 489 g/mol. The number of carbonyl (C=O) groups excluding carboxylic acids is 1. The highest BCUT2D eigenvalue weighted by molar-refractivity contribution is 5.90. The van der Waals surface area contributed by atoms with E-state index in [9.17, 15) is 27.6 Å². The van der Waals surface area contributed by atoms with Crippen LogP contribution >= 0.6 is 0 Å². The van der Waals surface area contributed by atoms with Crippen LogP contribution < -0.4 is 16.4 Å². The molecule has 0 aliphatic carbocycles. The van der Waals surface area contributed by atoms with Crippen LogP contribution in [0.1, 0.15) is 50.8 Å². The predicted octanol–water partition coefficient (Wildman–Crippen LogP) is 3.31. The van der Waals surface area contributed by atoms with Gasteiger partial charge in [0.15, 0.2) is 5.82 Å². The summed E-state index contributed by atoms with van der Waals surface area (Å²) in [5.41, 5.74) is -2.27. The number of aryl methyl sites for hydroxylation is 1. The Kier molecular flexibility index (Phi) is 6.20. The molecule has 0 spiro atoms. The number of fused-ring (bicyclic) bond motifs is 1. The summed E-state index contributed by atoms with van der Waals surface area (Å²) < 4.78 is 43.6. The number of likely N-dealkylation sites (tertiary alicyclic amines) is 1. The first-order valence-corrected chi connectivity index (χ1v) is 11.2. The molecule has 186 valence electrons. The zero-order valence-electron chi connectivity index (χ0n) is 19.8. The van der Waals surface area contributed by atoms with E-state index in [1.165, 1.54) is 42.9 Å². The van der Waals surface area contributed by atoms with Gasteiger partial charge in [-0.3, -0.25) is 14.4 Å². The molecule has 0 radical (unpaired) electrons. The lowest BCUT2D eigenvalue weighted by atomic mass is 10.0. The molecule has 0 saturated carbocycles. The van der Waals surface area contributed by atoms with Crippen LogP contribution in [0.3, 0.4) is 0 Å². The first-order chi connectivity index (χ1) is 16.4. The van der Waals surface area contributed by atoms with E-state index in [2.05, 4.69) is 10.4 Å². The van der Waals surface area contributed by atoms with Crippen molar-refractivity contribution in [2.24, 2.45) is 7.05 Å². The third-order valence-electron chi connectivity index (χ3n) is 6.68. The molecular weight excluding hydrogens is 463 g/mol. The number of benzene rings is 1. The maximum atomic E-state index is 14.7. The fourth-order valence-corrected chi connectivity index (χ4v) is 4.62. The SMILES string of the molecule is CC(=O)N1CC[C@@](C)(n2cc3c(N[C@H](C)c4cccc(C(F)F)c4F)nn(C)c(=O)c3cc2=O)C1. The molecule has 1 amide bonds. The first-order valence-electron chi connectivity index (χ1n) is 11.2. The summed E-state index contributed by atoms with van der Waals surface area (Å²) in [6.07, 6.45) is -0.896. The molecule has 11 heteroatoms. The second-order valence-electron chi connectivity index (χ2n) is 9.19. The van der Waals surface area contributed by atoms with Crippen LogP contribution in [-0.2, 0) is 17.4 Å². The summed E-state index contributed by atoms with van der Waals surface area (Å²) in [4.78, 5) is 39.3. The molecule has 35 heavy (non-hydrogen) atoms. The van der Waals surface area contributed by atoms with Crippen molar-refractivity contribution < 1.29 is 18.0 Å². The number of halogens is 3. The minimum Gasteiger partial charge on any atom is -0.361 e. The number of anilines is 1. The zero-order chi connectivity index (χ0) is 25.7. The van der Waals surface area contributed by atoms with Gasteiger partial charge in [-0.15, -0.1) is 0 Å². The summed E-state index contributed by atoms with van der Waals surface area (Å²) in [5.74, 6) is -0.922. The van der Waals surface area contributed by atoms with E-state index in [4.69, 9.17) is 0 Å². The molecule has 4 rings (SSSR count). The second kappa shape index (κ2) is 8.86. The van der Waals surface area contributed by atoms with E-state index in [1.54, 1.807) is 11.8 Å². The van der Waals surface area contributed by atoms with Gasteiger partial charge < -0.3 is 14.8 Å². The fraction of sp³-hybridized carbons (Fsp3) is 0.417. The highest BCUT2D eigenvalue weighted by atomic mass is 19.3. The minimum absolute atomic E-state index is 0.0137. The number of aromatic nitrogens is 3. The maximum Gasteiger partial charge on any atom is 0.274 e. The van der Waals surface area contributed by atoms with Crippen molar-refractivity contribution in [3.05, 3.63) is 68.1 Å². The summed E-state index contributed by atoms with van der Waals surface area (Å²) in [7, 11) is 1.42. The van der Waals surface area contributed by atoms with Crippen molar-refractivity contribution in [1.82, 2.24) is 19.2 Å². The van der Waals surface area contributed by atoms with Crippen molar-refractivity contribution in [2.45, 2.75) is 45.2 Å². The van der Waals surface area contributed by atoms with Gasteiger partial charge in [-0.05, 0) is 20.3 Å². The number of alkyl halides is 2. The summed E-state index contributed by atoms with van der Waals surface area (Å²) in [6.45, 7) is 5.74. The predicted molar refractivity (Wildman–Crippen MR) is 125 cm³/mol. The quantitative estimate of drug-likeness (QED) is 0.594. The Bertz CT molecular complexity index is 1430. The molecule has 3 heterocycles. The number of nitrogens with zero attached hydrogens (tertiary/aromatic N) is 4. The van der Waals surface area contributed by atoms with Gasteiger partial charge in [0, 0.05) is 50.3 Å². The molecule has 0 unspecified atom stereocenters. The highest BCUT2D eigenvalue weighted by Gasteiger charge is 2.37. The standard InChI is InChI=1S/C24H26F3N5O3/c1-13(15-6-5-7-16(20(15)25)21(26)27)28-22-18-11-32(24(3)8-9-31(12-24)14(2)33)19(34)10-17(18)23(35)30(4)29-22/h5-7,10-11,13,21H,8-9,12H2,1-4H3,(H,28,29)/t13-,24-/m1/s1. The Balaban J connectivity index is 1.82. The highest BCUT2D eigenvalue weighted by Crippen LogP contribution is 2.32. The van der Waals surface area contributed by atoms with Crippen LogP contribution in [0.15, 0.2) is 40.1 Å². The van der Waals surface area contributed by atoms with Crippen molar-refractivity contribution in [3.8, 4) is 0 Å². The topological polar surface area (TPSA) is 89.2 Å². The van der Waals surface area contributed by atoms with E-state index in [0.29, 0.717) is 24.9 Å². The Morgan fingerprint density at radius 3 is 2.51 bits per heavy atom. The van der Waals surface area contributed by atoms with Gasteiger partial charge in [-0.25, -0.2) is 17.9 Å². The molecule has 8 nitrogen and oxygen atoms in total. The molecule has 1 fully saturated rings. The molecule has 1 aliphatic rings. The Hall–Kier alpha value is -3.63. The monoisotopic (exact) mass is 489 g/mol. The number of nitrogens with one attached hydrogen (secondary N) is 1. The van der Waals surface area contributed by atoms with Crippen LogP contribution in [0.25, 0.3) is 10.8 Å². The number of hydrogen-bond donors (Lipinski definition) is 1. The Labute approximate surface area is 199 Å². The lowest BCUT2D eigenvalue weighted by Crippen LogP contribution is -2.41. The third kappa shape index (κ3) is 4.30. The van der Waals surface area contributed by atoms with E-state index in [1.807, 2.05) is 6.92 Å². The van der Waals surface area contributed by atoms with Crippen LogP contribution in [0.4, 0.5) is 19.0 Å². The Morgan fingerprint density at radius 1 is 1.20 bits per heavy atom. The van der Waals surface area contributed by atoms with Gasteiger partial charge in [0.25, 0.3) is 17.5 Å². The van der Waals surface area contributed by atoms with Crippen LogP contribution in [0, 0.1) is 5.82 Å². The number of amides is 1. The third-order valence-corrected chi connectivity index (χ3v) is 6.68. The van der Waals surface area contributed by atoms with Gasteiger partial charge in [-0.2, -0.15) is 5.10 Å². The smallest absolute Gasteiger partial charge is 0.274 e. The van der Waals surface area contributed by atoms with Gasteiger partial charge in [0.05, 0.1) is 22.5 Å². The molecule has 0 bridgehead atoms. The van der Waals surface area contributed by atoms with Gasteiger partial charge in [0.1, 0.15) is 5.82 Å². The minimum atomic E-state index is -2.96. The Morgan fingerprint density at radius 2 is 1.89 bits per heavy atom. The number of hydrogen-bond acceptors (Lipinski definition) is 5. The molecule has 3 aromatic rings. The molecule has 2 aromatic heterocycles. The van der Waals surface area contributed by atoms with E-state index < -0.39 is 40.5 Å². The van der Waals surface area contributed by atoms with E-state index in [-0.39, 0.29) is 22.7 Å². The molecular formula is C24H26F3N5O3. The second-order valence-corrected chi connectivity index (χ2v) is 9.19. The maximum absolute atomic E-state index is 14.7. The largest absolute Gasteiger partial charge is 0.361 e. The summed E-state index contributed by atoms with van der Waals surface area (Å²) in [5, 5.41) is 7.72. The molecule has 1 N–H and O–H groups in total. The van der Waals surface area contributed by atoms with Gasteiger partial charge >= 0.3 is 0 Å². The van der Waals surface area contributed by atoms with Crippen LogP contribution in [0.5, 0.6) is 0 Å². The van der Waals surface area contributed by atoms with Crippen molar-refractivity contribution in [1.29, 1.82) is 0 Å². The van der Waals surface area contributed by atoms with Crippen LogP contribution in [-0.4, -0.2) is 38.2 Å².